The Kier molecular flexibility index (Phi) is 4.13. The Bertz CT molecular complexity index is 306. The fourth-order valence-electron chi connectivity index (χ4n) is 0.812. The highest BCUT2D eigenvalue weighted by molar-refractivity contribution is 6.30. The molecule has 3 nitrogen and oxygen atoms in total. The monoisotopic (exact) mass is 220 g/mol. The Labute approximate surface area is 85.7 Å². The maximum atomic E-state index is 12.7. The van der Waals surface area contributed by atoms with Crippen molar-refractivity contribution in [2.24, 2.45) is 0 Å². The van der Waals surface area contributed by atoms with Crippen molar-refractivity contribution in [3.63, 3.8) is 0 Å². The number of ether oxygens (including phenoxy) is 1. The number of hydrogen-bond acceptors (Lipinski definition) is 3. The van der Waals surface area contributed by atoms with Gasteiger partial charge in [0.15, 0.2) is 0 Å². The van der Waals surface area contributed by atoms with Crippen molar-refractivity contribution in [3.05, 3.63) is 29.0 Å². The third-order valence-electron chi connectivity index (χ3n) is 1.54. The molecule has 0 radical (unpaired) electrons. The molecule has 0 heterocycles. The molecular formula is C9H10ClFO3. The van der Waals surface area contributed by atoms with E-state index in [9.17, 15) is 4.39 Å². The minimum Gasteiger partial charge on any atom is -0.491 e. The molecule has 0 saturated carbocycles. The van der Waals surface area contributed by atoms with Crippen LogP contribution in [0.1, 0.15) is 0 Å². The van der Waals surface area contributed by atoms with Crippen molar-refractivity contribution in [2.75, 3.05) is 13.2 Å². The van der Waals surface area contributed by atoms with E-state index in [4.69, 9.17) is 26.6 Å². The Morgan fingerprint density at radius 1 is 1.50 bits per heavy atom. The summed E-state index contributed by atoms with van der Waals surface area (Å²) < 4.78 is 17.7. The molecule has 0 aliphatic heterocycles. The van der Waals surface area contributed by atoms with Crippen LogP contribution in [0.2, 0.25) is 5.02 Å². The zero-order valence-electron chi connectivity index (χ0n) is 7.28. The summed E-state index contributed by atoms with van der Waals surface area (Å²) in [6.07, 6.45) is -0.946. The summed E-state index contributed by atoms with van der Waals surface area (Å²) in [6, 6.07) is 3.87. The number of halogens is 2. The van der Waals surface area contributed by atoms with Crippen molar-refractivity contribution in [3.8, 4) is 5.75 Å². The van der Waals surface area contributed by atoms with Gasteiger partial charge in [0.2, 0.25) is 0 Å². The van der Waals surface area contributed by atoms with E-state index in [1.165, 1.54) is 18.2 Å². The molecule has 0 aliphatic carbocycles. The van der Waals surface area contributed by atoms with Crippen LogP contribution >= 0.6 is 11.6 Å². The van der Waals surface area contributed by atoms with Crippen molar-refractivity contribution in [1.29, 1.82) is 0 Å². The van der Waals surface area contributed by atoms with Crippen LogP contribution in [-0.4, -0.2) is 29.5 Å². The van der Waals surface area contributed by atoms with E-state index in [-0.39, 0.29) is 18.2 Å². The van der Waals surface area contributed by atoms with Gasteiger partial charge in [-0.2, -0.15) is 0 Å². The summed E-state index contributed by atoms with van der Waals surface area (Å²) in [7, 11) is 0. The van der Waals surface area contributed by atoms with E-state index in [2.05, 4.69) is 0 Å². The number of aliphatic hydroxyl groups excluding tert-OH is 2. The predicted molar refractivity (Wildman–Crippen MR) is 50.0 cm³/mol. The van der Waals surface area contributed by atoms with Crippen molar-refractivity contribution in [2.45, 2.75) is 6.10 Å². The lowest BCUT2D eigenvalue weighted by atomic mass is 10.3. The molecule has 1 aromatic rings. The minimum atomic E-state index is -0.946. The van der Waals surface area contributed by atoms with Crippen LogP contribution in [-0.2, 0) is 0 Å². The third-order valence-corrected chi connectivity index (χ3v) is 1.83. The third kappa shape index (κ3) is 3.14. The van der Waals surface area contributed by atoms with Crippen LogP contribution in [0.5, 0.6) is 5.75 Å². The first-order valence-corrected chi connectivity index (χ1v) is 4.38. The zero-order valence-corrected chi connectivity index (χ0v) is 8.04. The van der Waals surface area contributed by atoms with Crippen LogP contribution in [0.3, 0.4) is 0 Å². The van der Waals surface area contributed by atoms with Gasteiger partial charge in [-0.15, -0.1) is 0 Å². The molecule has 0 aromatic heterocycles. The van der Waals surface area contributed by atoms with E-state index in [1.54, 1.807) is 0 Å². The maximum Gasteiger partial charge on any atom is 0.142 e. The van der Waals surface area contributed by atoms with Gasteiger partial charge >= 0.3 is 0 Å². The molecule has 0 spiro atoms. The first-order valence-electron chi connectivity index (χ1n) is 4.00. The SMILES string of the molecule is OCC(O)COc1ccc(F)c(Cl)c1. The Morgan fingerprint density at radius 2 is 2.21 bits per heavy atom. The highest BCUT2D eigenvalue weighted by Crippen LogP contribution is 2.20. The molecule has 2 N–H and O–H groups in total. The minimum absolute atomic E-state index is 0.0408. The molecular weight excluding hydrogens is 211 g/mol. The Hall–Kier alpha value is -0.840. The summed E-state index contributed by atoms with van der Waals surface area (Å²) in [5, 5.41) is 17.4. The van der Waals surface area contributed by atoms with E-state index in [0.29, 0.717) is 5.75 Å². The highest BCUT2D eigenvalue weighted by Gasteiger charge is 2.05. The molecule has 1 aromatic carbocycles. The number of hydrogen-bond donors (Lipinski definition) is 2. The van der Waals surface area contributed by atoms with Crippen molar-refractivity contribution in [1.82, 2.24) is 0 Å². The maximum absolute atomic E-state index is 12.7. The van der Waals surface area contributed by atoms with Gasteiger partial charge in [-0.3, -0.25) is 0 Å². The van der Waals surface area contributed by atoms with Crippen LogP contribution in [0.25, 0.3) is 0 Å². The summed E-state index contributed by atoms with van der Waals surface area (Å²) in [4.78, 5) is 0. The van der Waals surface area contributed by atoms with Crippen LogP contribution in [0.4, 0.5) is 4.39 Å². The molecule has 0 saturated heterocycles. The predicted octanol–water partition coefficient (Wildman–Crippen LogP) is 1.21. The molecule has 0 aliphatic rings. The topological polar surface area (TPSA) is 49.7 Å². The molecule has 1 atom stereocenters. The Morgan fingerprint density at radius 3 is 2.79 bits per heavy atom. The summed E-state index contributed by atoms with van der Waals surface area (Å²) in [5.41, 5.74) is 0. The number of rotatable bonds is 4. The van der Waals surface area contributed by atoms with Gasteiger partial charge in [-0.05, 0) is 12.1 Å². The average Bonchev–Trinajstić information content (AvgIpc) is 2.19. The Balaban J connectivity index is 2.55. The number of aliphatic hydroxyl groups is 2. The van der Waals surface area contributed by atoms with Crippen LogP contribution in [0, 0.1) is 5.82 Å². The fourth-order valence-corrected chi connectivity index (χ4v) is 0.982. The molecule has 78 valence electrons. The van der Waals surface area contributed by atoms with Gasteiger partial charge in [0.05, 0.1) is 11.6 Å². The first kappa shape index (κ1) is 11.2. The quantitative estimate of drug-likeness (QED) is 0.802. The molecule has 5 heteroatoms. The van der Waals surface area contributed by atoms with Gasteiger partial charge in [-0.25, -0.2) is 4.39 Å². The van der Waals surface area contributed by atoms with Gasteiger partial charge in [0.1, 0.15) is 24.3 Å². The normalized spacial score (nSPS) is 12.6. The van der Waals surface area contributed by atoms with Crippen molar-refractivity contribution >= 4 is 11.6 Å². The molecule has 0 bridgehead atoms. The molecule has 1 rings (SSSR count). The summed E-state index contributed by atoms with van der Waals surface area (Å²) in [6.45, 7) is -0.437. The summed E-state index contributed by atoms with van der Waals surface area (Å²) in [5.74, 6) is -0.175. The van der Waals surface area contributed by atoms with E-state index >= 15 is 0 Å². The second-order valence-electron chi connectivity index (χ2n) is 2.72. The molecule has 0 fully saturated rings. The first-order chi connectivity index (χ1) is 6.63. The highest BCUT2D eigenvalue weighted by atomic mass is 35.5. The lowest BCUT2D eigenvalue weighted by molar-refractivity contribution is 0.0536. The second-order valence-corrected chi connectivity index (χ2v) is 3.13. The molecule has 14 heavy (non-hydrogen) atoms. The lowest BCUT2D eigenvalue weighted by Crippen LogP contribution is -2.21. The largest absolute Gasteiger partial charge is 0.491 e. The van der Waals surface area contributed by atoms with E-state index < -0.39 is 11.9 Å². The van der Waals surface area contributed by atoms with Crippen LogP contribution < -0.4 is 4.74 Å². The molecule has 1 unspecified atom stereocenters. The fraction of sp³-hybridized carbons (Fsp3) is 0.333. The lowest BCUT2D eigenvalue weighted by Gasteiger charge is -2.09. The number of benzene rings is 1. The van der Waals surface area contributed by atoms with Gasteiger partial charge in [0.25, 0.3) is 0 Å². The average molecular weight is 221 g/mol. The summed E-state index contributed by atoms with van der Waals surface area (Å²) >= 11 is 5.50. The van der Waals surface area contributed by atoms with Crippen LogP contribution in [0.15, 0.2) is 18.2 Å². The van der Waals surface area contributed by atoms with Gasteiger partial charge < -0.3 is 14.9 Å². The smallest absolute Gasteiger partial charge is 0.142 e. The molecule has 0 amide bonds. The van der Waals surface area contributed by atoms with Crippen molar-refractivity contribution < 1.29 is 19.3 Å². The standard InChI is InChI=1S/C9H10ClFO3/c10-8-3-7(1-2-9(8)11)14-5-6(13)4-12/h1-3,6,12-13H,4-5H2. The van der Waals surface area contributed by atoms with E-state index in [0.717, 1.165) is 0 Å². The zero-order chi connectivity index (χ0) is 10.6. The van der Waals surface area contributed by atoms with Gasteiger partial charge in [0, 0.05) is 6.07 Å². The second kappa shape index (κ2) is 5.14. The van der Waals surface area contributed by atoms with E-state index in [1.807, 2.05) is 0 Å². The van der Waals surface area contributed by atoms with Gasteiger partial charge in [-0.1, -0.05) is 11.6 Å².